The Morgan fingerprint density at radius 2 is 1.81 bits per heavy atom. The van der Waals surface area contributed by atoms with Gasteiger partial charge in [0.1, 0.15) is 0 Å². The van der Waals surface area contributed by atoms with E-state index in [0.29, 0.717) is 25.9 Å². The fraction of sp³-hybridized carbons (Fsp3) is 0.273. The topological polar surface area (TPSA) is 65.2 Å². The highest BCUT2D eigenvalue weighted by atomic mass is 16.2. The molecule has 1 aliphatic rings. The summed E-state index contributed by atoms with van der Waals surface area (Å²) in [5, 5.41) is 4.21. The number of hydrogen-bond acceptors (Lipinski definition) is 2. The molecule has 0 aliphatic carbocycles. The van der Waals surface area contributed by atoms with Crippen molar-refractivity contribution in [3.63, 3.8) is 0 Å². The van der Waals surface area contributed by atoms with Gasteiger partial charge in [-0.2, -0.15) is 0 Å². The maximum atomic E-state index is 12.6. The summed E-state index contributed by atoms with van der Waals surface area (Å²) in [5.74, 6) is 0.0734. The number of aromatic nitrogens is 1. The molecule has 0 bridgehead atoms. The van der Waals surface area contributed by atoms with Crippen molar-refractivity contribution >= 4 is 28.4 Å². The quantitative estimate of drug-likeness (QED) is 0.740. The van der Waals surface area contributed by atoms with Crippen molar-refractivity contribution in [2.75, 3.05) is 18.4 Å². The van der Waals surface area contributed by atoms with Crippen LogP contribution in [0.4, 0.5) is 5.69 Å². The zero-order valence-electron chi connectivity index (χ0n) is 15.4. The van der Waals surface area contributed by atoms with Crippen LogP contribution in [0.3, 0.4) is 0 Å². The molecule has 2 aromatic carbocycles. The molecule has 0 spiro atoms. The second-order valence-electron chi connectivity index (χ2n) is 7.12. The normalized spacial score (nSPS) is 15.1. The number of carbonyl (C=O) groups is 2. The van der Waals surface area contributed by atoms with Crippen LogP contribution in [0.5, 0.6) is 0 Å². The fourth-order valence-electron chi connectivity index (χ4n) is 3.69. The average Bonchev–Trinajstić information content (AvgIpc) is 3.12. The molecule has 2 N–H and O–H groups in total. The van der Waals surface area contributed by atoms with Gasteiger partial charge in [0.15, 0.2) is 0 Å². The molecule has 1 aromatic heterocycles. The number of carbonyl (C=O) groups excluding carboxylic acids is 2. The standard InChI is InChI=1S/C22H23N3O2/c1-15(26)25-11-9-16(10-12-25)22(27)23-19-7-4-6-17(13-19)21-14-18-5-2-3-8-20(18)24-21/h2-8,13-14,16,24H,9-12H2,1H3,(H,23,27). The van der Waals surface area contributed by atoms with E-state index in [4.69, 9.17) is 0 Å². The van der Waals surface area contributed by atoms with Gasteiger partial charge in [0.25, 0.3) is 0 Å². The highest BCUT2D eigenvalue weighted by molar-refractivity contribution is 5.94. The Balaban J connectivity index is 1.46. The molecule has 0 radical (unpaired) electrons. The molecule has 5 heteroatoms. The maximum absolute atomic E-state index is 12.6. The zero-order valence-corrected chi connectivity index (χ0v) is 15.4. The average molecular weight is 361 g/mol. The summed E-state index contributed by atoms with van der Waals surface area (Å²) >= 11 is 0. The van der Waals surface area contributed by atoms with Gasteiger partial charge in [-0.05, 0) is 37.1 Å². The Bertz CT molecular complexity index is 951. The van der Waals surface area contributed by atoms with Gasteiger partial charge in [0, 0.05) is 53.8 Å². The minimum atomic E-state index is -0.0441. The molecule has 2 heterocycles. The smallest absolute Gasteiger partial charge is 0.227 e. The summed E-state index contributed by atoms with van der Waals surface area (Å²) in [5.41, 5.74) is 3.96. The van der Waals surface area contributed by atoms with Crippen molar-refractivity contribution in [2.24, 2.45) is 5.92 Å². The number of anilines is 1. The lowest BCUT2D eigenvalue weighted by Gasteiger charge is -2.30. The Kier molecular flexibility index (Phi) is 4.67. The molecule has 1 saturated heterocycles. The molecule has 4 rings (SSSR count). The van der Waals surface area contributed by atoms with E-state index in [2.05, 4.69) is 28.5 Å². The lowest BCUT2D eigenvalue weighted by Crippen LogP contribution is -2.40. The van der Waals surface area contributed by atoms with Crippen molar-refractivity contribution in [2.45, 2.75) is 19.8 Å². The van der Waals surface area contributed by atoms with Crippen LogP contribution in [-0.4, -0.2) is 34.8 Å². The van der Waals surface area contributed by atoms with Crippen LogP contribution in [0.25, 0.3) is 22.2 Å². The van der Waals surface area contributed by atoms with Gasteiger partial charge < -0.3 is 15.2 Å². The first-order valence-corrected chi connectivity index (χ1v) is 9.35. The molecule has 2 amide bonds. The van der Waals surface area contributed by atoms with E-state index in [1.807, 2.05) is 36.4 Å². The predicted octanol–water partition coefficient (Wildman–Crippen LogP) is 4.03. The first kappa shape index (κ1) is 17.3. The number of nitrogens with zero attached hydrogens (tertiary/aromatic N) is 1. The second kappa shape index (κ2) is 7.27. The summed E-state index contributed by atoms with van der Waals surface area (Å²) in [6.45, 7) is 2.89. The van der Waals surface area contributed by atoms with Crippen LogP contribution in [0, 0.1) is 5.92 Å². The number of H-pyrrole nitrogens is 1. The van der Waals surface area contributed by atoms with E-state index < -0.39 is 0 Å². The molecular formula is C22H23N3O2. The van der Waals surface area contributed by atoms with Crippen molar-refractivity contribution in [3.8, 4) is 11.3 Å². The van der Waals surface area contributed by atoms with E-state index in [9.17, 15) is 9.59 Å². The van der Waals surface area contributed by atoms with Crippen molar-refractivity contribution in [1.82, 2.24) is 9.88 Å². The number of amides is 2. The minimum absolute atomic E-state index is 0.0343. The molecular weight excluding hydrogens is 338 g/mol. The minimum Gasteiger partial charge on any atom is -0.355 e. The monoisotopic (exact) mass is 361 g/mol. The third-order valence-electron chi connectivity index (χ3n) is 5.28. The third-order valence-corrected chi connectivity index (χ3v) is 5.28. The van der Waals surface area contributed by atoms with E-state index in [1.54, 1.807) is 11.8 Å². The molecule has 5 nitrogen and oxygen atoms in total. The highest BCUT2D eigenvalue weighted by Crippen LogP contribution is 2.27. The number of rotatable bonds is 3. The molecule has 1 aliphatic heterocycles. The van der Waals surface area contributed by atoms with Gasteiger partial charge in [-0.1, -0.05) is 30.3 Å². The highest BCUT2D eigenvalue weighted by Gasteiger charge is 2.26. The van der Waals surface area contributed by atoms with Crippen LogP contribution in [0.2, 0.25) is 0 Å². The number of aromatic amines is 1. The number of nitrogens with one attached hydrogen (secondary N) is 2. The van der Waals surface area contributed by atoms with Crippen molar-refractivity contribution < 1.29 is 9.59 Å². The zero-order chi connectivity index (χ0) is 18.8. The molecule has 0 atom stereocenters. The number of likely N-dealkylation sites (tertiary alicyclic amines) is 1. The van der Waals surface area contributed by atoms with E-state index >= 15 is 0 Å². The molecule has 138 valence electrons. The Morgan fingerprint density at radius 3 is 2.56 bits per heavy atom. The summed E-state index contributed by atoms with van der Waals surface area (Å²) in [7, 11) is 0. The van der Waals surface area contributed by atoms with Gasteiger partial charge in [0.2, 0.25) is 11.8 Å². The summed E-state index contributed by atoms with van der Waals surface area (Å²) in [6, 6.07) is 18.2. The van der Waals surface area contributed by atoms with E-state index in [0.717, 1.165) is 22.5 Å². The molecule has 27 heavy (non-hydrogen) atoms. The van der Waals surface area contributed by atoms with Gasteiger partial charge in [-0.3, -0.25) is 9.59 Å². The SMILES string of the molecule is CC(=O)N1CCC(C(=O)Nc2cccc(-c3cc4ccccc4[nH]3)c2)CC1. The van der Waals surface area contributed by atoms with E-state index in [1.165, 1.54) is 5.39 Å². The second-order valence-corrected chi connectivity index (χ2v) is 7.12. The molecule has 3 aromatic rings. The maximum Gasteiger partial charge on any atom is 0.227 e. The van der Waals surface area contributed by atoms with Gasteiger partial charge in [-0.15, -0.1) is 0 Å². The fourth-order valence-corrected chi connectivity index (χ4v) is 3.69. The van der Waals surface area contributed by atoms with Crippen molar-refractivity contribution in [1.29, 1.82) is 0 Å². The summed E-state index contributed by atoms with van der Waals surface area (Å²) in [4.78, 5) is 29.3. The number of para-hydroxylation sites is 1. The van der Waals surface area contributed by atoms with Crippen LogP contribution in [0.1, 0.15) is 19.8 Å². The van der Waals surface area contributed by atoms with Gasteiger partial charge >= 0.3 is 0 Å². The van der Waals surface area contributed by atoms with E-state index in [-0.39, 0.29) is 17.7 Å². The third kappa shape index (κ3) is 3.72. The van der Waals surface area contributed by atoms with Crippen molar-refractivity contribution in [3.05, 3.63) is 54.6 Å². The number of piperidine rings is 1. The summed E-state index contributed by atoms with van der Waals surface area (Å²) in [6.07, 6.45) is 1.43. The molecule has 1 fully saturated rings. The Labute approximate surface area is 158 Å². The van der Waals surface area contributed by atoms with Crippen LogP contribution in [-0.2, 0) is 9.59 Å². The molecule has 0 unspecified atom stereocenters. The van der Waals surface area contributed by atoms with Gasteiger partial charge in [0.05, 0.1) is 0 Å². The lowest BCUT2D eigenvalue weighted by molar-refractivity contribution is -0.132. The number of fused-ring (bicyclic) bond motifs is 1. The van der Waals surface area contributed by atoms with Crippen LogP contribution in [0.15, 0.2) is 54.6 Å². The Hall–Kier alpha value is -3.08. The van der Waals surface area contributed by atoms with Crippen LogP contribution >= 0.6 is 0 Å². The number of hydrogen-bond donors (Lipinski definition) is 2. The Morgan fingerprint density at radius 1 is 1.04 bits per heavy atom. The summed E-state index contributed by atoms with van der Waals surface area (Å²) < 4.78 is 0. The first-order valence-electron chi connectivity index (χ1n) is 9.35. The number of benzene rings is 2. The largest absolute Gasteiger partial charge is 0.355 e. The first-order chi connectivity index (χ1) is 13.1. The molecule has 0 saturated carbocycles. The lowest BCUT2D eigenvalue weighted by atomic mass is 9.95. The predicted molar refractivity (Wildman–Crippen MR) is 107 cm³/mol. The van der Waals surface area contributed by atoms with Gasteiger partial charge in [-0.25, -0.2) is 0 Å². The van der Waals surface area contributed by atoms with Crippen LogP contribution < -0.4 is 5.32 Å².